The van der Waals surface area contributed by atoms with E-state index in [-0.39, 0.29) is 5.48 Å². The third-order valence-electron chi connectivity index (χ3n) is 4.63. The predicted molar refractivity (Wildman–Crippen MR) is 138 cm³/mol. The molecule has 3 aromatic rings. The van der Waals surface area contributed by atoms with Crippen LogP contribution < -0.4 is 0 Å². The van der Waals surface area contributed by atoms with Crippen molar-refractivity contribution in [3.8, 4) is 12.8 Å². The van der Waals surface area contributed by atoms with Crippen LogP contribution in [0.3, 0.4) is 0 Å². The number of hydrogen-bond donors (Lipinski definition) is 0. The first-order valence-electron chi connectivity index (χ1n) is 10.0. The molecule has 1 nitrogen and oxygen atoms in total. The predicted octanol–water partition coefficient (Wildman–Crippen LogP) is 7.21. The van der Waals surface area contributed by atoms with Gasteiger partial charge in [0.05, 0.1) is 0 Å². The molecular formula is C30H30O. The normalized spacial score (nSPS) is 14.5. The molecule has 0 fully saturated rings. The first-order valence-corrected chi connectivity index (χ1v) is 10.0. The standard InChI is InChI=1S/C10H10.C10H8.C8H8.C2H2.H2O/c2*1-2-6-10-8-4-3-7-9(10)5-1;1-2-8-6-4-3-5-7-8;1-2;/h1-3,5-9H,4H2;1-8H;2-7H,1H2;1-2H;1H2. The van der Waals surface area contributed by atoms with Crippen LogP contribution in [0.25, 0.3) is 16.8 Å². The van der Waals surface area contributed by atoms with Crippen molar-refractivity contribution in [3.05, 3.63) is 139 Å². The summed E-state index contributed by atoms with van der Waals surface area (Å²) in [5, 5.41) is 2.62. The highest BCUT2D eigenvalue weighted by molar-refractivity contribution is 5.82. The monoisotopic (exact) mass is 406 g/mol. The highest BCUT2D eigenvalue weighted by Gasteiger charge is 2.08. The van der Waals surface area contributed by atoms with Crippen LogP contribution in [-0.4, -0.2) is 5.48 Å². The van der Waals surface area contributed by atoms with E-state index >= 15 is 0 Å². The lowest BCUT2D eigenvalue weighted by atomic mass is 9.90. The van der Waals surface area contributed by atoms with E-state index in [1.165, 1.54) is 21.9 Å². The van der Waals surface area contributed by atoms with Gasteiger partial charge in [0.2, 0.25) is 0 Å². The molecule has 0 aromatic heterocycles. The fourth-order valence-electron chi connectivity index (χ4n) is 3.10. The lowest BCUT2D eigenvalue weighted by Crippen LogP contribution is -2.00. The number of allylic oxidation sites excluding steroid dienone is 8. The van der Waals surface area contributed by atoms with Crippen molar-refractivity contribution in [1.29, 1.82) is 0 Å². The molecule has 0 saturated carbocycles. The Morgan fingerprint density at radius 2 is 1.29 bits per heavy atom. The minimum absolute atomic E-state index is 0. The maximum absolute atomic E-state index is 4.00. The van der Waals surface area contributed by atoms with Crippen LogP contribution in [0, 0.1) is 18.8 Å². The fraction of sp³-hybridized carbons (Fsp3) is 0.0667. The third-order valence-corrected chi connectivity index (χ3v) is 4.63. The minimum Gasteiger partial charge on any atom is -0.412 e. The molecule has 31 heavy (non-hydrogen) atoms. The van der Waals surface area contributed by atoms with Gasteiger partial charge in [-0.05, 0) is 28.3 Å². The van der Waals surface area contributed by atoms with Gasteiger partial charge < -0.3 is 5.48 Å². The molecule has 0 bridgehead atoms. The Hall–Kier alpha value is -3.86. The number of hydrogen-bond acceptors (Lipinski definition) is 0. The summed E-state index contributed by atoms with van der Waals surface area (Å²) in [5.74, 6) is 0.568. The largest absolute Gasteiger partial charge is 0.412 e. The molecule has 0 amide bonds. The van der Waals surface area contributed by atoms with Crippen LogP contribution in [0.4, 0.5) is 0 Å². The van der Waals surface area contributed by atoms with E-state index in [2.05, 4.69) is 110 Å². The van der Waals surface area contributed by atoms with Crippen LogP contribution >= 0.6 is 0 Å². The van der Waals surface area contributed by atoms with Crippen LogP contribution in [0.5, 0.6) is 0 Å². The van der Waals surface area contributed by atoms with Crippen molar-refractivity contribution in [2.45, 2.75) is 6.42 Å². The molecule has 2 aliphatic carbocycles. The average Bonchev–Trinajstić information content (AvgIpc) is 2.87. The second-order valence-corrected chi connectivity index (χ2v) is 6.60. The molecule has 1 atom stereocenters. The van der Waals surface area contributed by atoms with E-state index in [1.54, 1.807) is 0 Å². The number of fused-ring (bicyclic) bond motifs is 2. The number of benzene rings is 3. The van der Waals surface area contributed by atoms with Crippen LogP contribution in [0.15, 0.2) is 134 Å². The van der Waals surface area contributed by atoms with E-state index in [4.69, 9.17) is 0 Å². The van der Waals surface area contributed by atoms with Crippen LogP contribution in [0.1, 0.15) is 12.0 Å². The van der Waals surface area contributed by atoms with Gasteiger partial charge in [-0.3, -0.25) is 0 Å². The van der Waals surface area contributed by atoms with Gasteiger partial charge in [0.15, 0.2) is 0 Å². The van der Waals surface area contributed by atoms with Gasteiger partial charge in [0.25, 0.3) is 0 Å². The van der Waals surface area contributed by atoms with Gasteiger partial charge in [-0.2, -0.15) is 0 Å². The van der Waals surface area contributed by atoms with Crippen molar-refractivity contribution in [2.75, 3.05) is 0 Å². The molecule has 2 aliphatic rings. The third kappa shape index (κ3) is 8.58. The summed E-state index contributed by atoms with van der Waals surface area (Å²) < 4.78 is 0. The minimum atomic E-state index is 0. The van der Waals surface area contributed by atoms with E-state index in [1.807, 2.05) is 36.4 Å². The second-order valence-electron chi connectivity index (χ2n) is 6.60. The SMILES string of the molecule is C#C.C1=CC2=CCC=CC2C=C1.C=Cc1ccccc1.O.c1ccc2ccccc2c1. The highest BCUT2D eigenvalue weighted by atomic mass is 16.0. The molecule has 156 valence electrons. The molecule has 3 aromatic carbocycles. The molecule has 5 rings (SSSR count). The molecular weight excluding hydrogens is 376 g/mol. The quantitative estimate of drug-likeness (QED) is 0.302. The van der Waals surface area contributed by atoms with Crippen molar-refractivity contribution in [2.24, 2.45) is 5.92 Å². The Morgan fingerprint density at radius 1 is 0.742 bits per heavy atom. The molecule has 0 spiro atoms. The van der Waals surface area contributed by atoms with Gasteiger partial charge in [0, 0.05) is 5.92 Å². The Balaban J connectivity index is 0.000000222. The van der Waals surface area contributed by atoms with E-state index in [0.29, 0.717) is 5.92 Å². The number of rotatable bonds is 1. The Labute approximate surface area is 186 Å². The molecule has 0 heterocycles. The Bertz CT molecular complexity index is 984. The lowest BCUT2D eigenvalue weighted by Gasteiger charge is -2.15. The Kier molecular flexibility index (Phi) is 12.2. The highest BCUT2D eigenvalue weighted by Crippen LogP contribution is 2.23. The maximum Gasteiger partial charge on any atom is 0.0198 e. The summed E-state index contributed by atoms with van der Waals surface area (Å²) in [6, 6.07) is 26.7. The van der Waals surface area contributed by atoms with Gasteiger partial charge in [-0.1, -0.05) is 134 Å². The topological polar surface area (TPSA) is 31.5 Å². The fourth-order valence-corrected chi connectivity index (χ4v) is 3.10. The Morgan fingerprint density at radius 3 is 1.77 bits per heavy atom. The van der Waals surface area contributed by atoms with Crippen molar-refractivity contribution >= 4 is 16.8 Å². The van der Waals surface area contributed by atoms with Crippen LogP contribution in [-0.2, 0) is 0 Å². The zero-order valence-electron chi connectivity index (χ0n) is 17.8. The zero-order chi connectivity index (χ0) is 21.4. The molecule has 1 unspecified atom stereocenters. The summed E-state index contributed by atoms with van der Waals surface area (Å²) in [6.45, 7) is 3.63. The maximum atomic E-state index is 4.00. The first-order chi connectivity index (χ1) is 14.9. The van der Waals surface area contributed by atoms with Gasteiger partial charge in [-0.25, -0.2) is 0 Å². The summed E-state index contributed by atoms with van der Waals surface area (Å²) in [4.78, 5) is 0. The first kappa shape index (κ1) is 25.2. The summed E-state index contributed by atoms with van der Waals surface area (Å²) in [7, 11) is 0. The van der Waals surface area contributed by atoms with Gasteiger partial charge in [0.1, 0.15) is 0 Å². The van der Waals surface area contributed by atoms with Gasteiger partial charge >= 0.3 is 0 Å². The van der Waals surface area contributed by atoms with Gasteiger partial charge in [-0.15, -0.1) is 12.8 Å². The van der Waals surface area contributed by atoms with E-state index in [9.17, 15) is 0 Å². The molecule has 2 N–H and O–H groups in total. The zero-order valence-corrected chi connectivity index (χ0v) is 17.8. The average molecular weight is 407 g/mol. The summed E-state index contributed by atoms with van der Waals surface area (Å²) in [6.07, 6.45) is 26.3. The smallest absolute Gasteiger partial charge is 0.0198 e. The van der Waals surface area contributed by atoms with E-state index < -0.39 is 0 Å². The van der Waals surface area contributed by atoms with Crippen molar-refractivity contribution < 1.29 is 5.48 Å². The van der Waals surface area contributed by atoms with Crippen molar-refractivity contribution in [3.63, 3.8) is 0 Å². The van der Waals surface area contributed by atoms with E-state index in [0.717, 1.165) is 6.42 Å². The second kappa shape index (κ2) is 15.0. The van der Waals surface area contributed by atoms with Crippen LogP contribution in [0.2, 0.25) is 0 Å². The molecule has 1 heteroatoms. The summed E-state index contributed by atoms with van der Waals surface area (Å²) in [5.41, 5.74) is 2.62. The molecule has 0 radical (unpaired) electrons. The molecule has 0 saturated heterocycles. The summed E-state index contributed by atoms with van der Waals surface area (Å²) >= 11 is 0. The number of terminal acetylenes is 1. The lowest BCUT2D eigenvalue weighted by molar-refractivity contribution is 0.824. The molecule has 0 aliphatic heterocycles. The van der Waals surface area contributed by atoms with Crippen molar-refractivity contribution in [1.82, 2.24) is 0 Å².